The van der Waals surface area contributed by atoms with Crippen LogP contribution in [-0.2, 0) is 5.41 Å². The summed E-state index contributed by atoms with van der Waals surface area (Å²) < 4.78 is 0. The van der Waals surface area contributed by atoms with Crippen LogP contribution in [0, 0.1) is 11.3 Å². The van der Waals surface area contributed by atoms with Gasteiger partial charge in [0.15, 0.2) is 0 Å². The molecule has 1 aromatic heterocycles. The van der Waals surface area contributed by atoms with Gasteiger partial charge in [-0.05, 0) is 30.5 Å². The highest BCUT2D eigenvalue weighted by Crippen LogP contribution is 2.44. The van der Waals surface area contributed by atoms with E-state index in [0.29, 0.717) is 6.04 Å². The topological polar surface area (TPSA) is 48.7 Å². The zero-order valence-electron chi connectivity index (χ0n) is 10.6. The van der Waals surface area contributed by atoms with Crippen molar-refractivity contribution >= 4 is 5.69 Å². The number of nitriles is 1. The molecule has 3 rings (SSSR count). The monoisotopic (exact) mass is 249 g/mol. The first kappa shape index (κ1) is 11.7. The second kappa shape index (κ2) is 4.74. The molecule has 1 aliphatic carbocycles. The molecule has 1 aliphatic rings. The number of rotatable bonds is 3. The Bertz CT molecular complexity index is 580. The smallest absolute Gasteiger partial charge is 0.0861 e. The minimum Gasteiger partial charge on any atom is -0.381 e. The molecule has 1 aromatic carbocycles. The van der Waals surface area contributed by atoms with Crippen molar-refractivity contribution in [2.45, 2.75) is 24.3 Å². The van der Waals surface area contributed by atoms with Gasteiger partial charge >= 0.3 is 0 Å². The molecule has 19 heavy (non-hydrogen) atoms. The van der Waals surface area contributed by atoms with Crippen LogP contribution in [0.1, 0.15) is 18.4 Å². The van der Waals surface area contributed by atoms with Crippen molar-refractivity contribution in [3.8, 4) is 6.07 Å². The molecular weight excluding hydrogens is 234 g/mol. The molecule has 0 saturated heterocycles. The molecule has 0 unspecified atom stereocenters. The van der Waals surface area contributed by atoms with E-state index in [-0.39, 0.29) is 5.41 Å². The molecule has 0 radical (unpaired) electrons. The minimum absolute atomic E-state index is 0.318. The molecule has 1 heterocycles. The van der Waals surface area contributed by atoms with Crippen LogP contribution in [0.25, 0.3) is 0 Å². The number of pyridine rings is 1. The third kappa shape index (κ3) is 2.17. The quantitative estimate of drug-likeness (QED) is 0.909. The van der Waals surface area contributed by atoms with E-state index in [0.717, 1.165) is 24.1 Å². The molecule has 1 saturated carbocycles. The summed E-state index contributed by atoms with van der Waals surface area (Å²) in [6.07, 6.45) is 5.27. The molecule has 0 atom stereocenters. The molecule has 3 heteroatoms. The summed E-state index contributed by atoms with van der Waals surface area (Å²) in [4.78, 5) is 4.08. The standard InChI is InChI=1S/C16H15N3/c17-12-16(13-5-2-1-3-6-13)9-15(10-16)19-14-7-4-8-18-11-14/h1-8,11,15,19H,9-10H2. The summed E-state index contributed by atoms with van der Waals surface area (Å²) in [5, 5.41) is 12.9. The van der Waals surface area contributed by atoms with Crippen LogP contribution in [0.4, 0.5) is 5.69 Å². The van der Waals surface area contributed by atoms with Gasteiger partial charge in [0, 0.05) is 18.4 Å². The Morgan fingerprint density at radius 3 is 2.58 bits per heavy atom. The molecule has 0 aliphatic heterocycles. The summed E-state index contributed by atoms with van der Waals surface area (Å²) in [6.45, 7) is 0. The lowest BCUT2D eigenvalue weighted by Gasteiger charge is -2.43. The largest absolute Gasteiger partial charge is 0.381 e. The number of nitrogens with zero attached hydrogens (tertiary/aromatic N) is 2. The van der Waals surface area contributed by atoms with E-state index < -0.39 is 0 Å². The maximum absolute atomic E-state index is 9.48. The predicted octanol–water partition coefficient (Wildman–Crippen LogP) is 3.12. The van der Waals surface area contributed by atoms with Crippen molar-refractivity contribution < 1.29 is 0 Å². The molecular formula is C16H15N3. The van der Waals surface area contributed by atoms with Crippen LogP contribution < -0.4 is 5.32 Å². The number of hydrogen-bond donors (Lipinski definition) is 1. The second-order valence-electron chi connectivity index (χ2n) is 5.05. The number of hydrogen-bond acceptors (Lipinski definition) is 3. The Morgan fingerprint density at radius 2 is 1.95 bits per heavy atom. The summed E-state index contributed by atoms with van der Waals surface area (Å²) in [5.41, 5.74) is 1.83. The normalized spacial score (nSPS) is 25.1. The molecule has 3 nitrogen and oxygen atoms in total. The van der Waals surface area contributed by atoms with Crippen LogP contribution >= 0.6 is 0 Å². The summed E-state index contributed by atoms with van der Waals surface area (Å²) in [7, 11) is 0. The lowest BCUT2D eigenvalue weighted by molar-refractivity contribution is 0.289. The Hall–Kier alpha value is -2.34. The first-order valence-corrected chi connectivity index (χ1v) is 6.46. The van der Waals surface area contributed by atoms with Crippen molar-refractivity contribution in [3.63, 3.8) is 0 Å². The van der Waals surface area contributed by atoms with Crippen molar-refractivity contribution in [3.05, 3.63) is 60.4 Å². The SMILES string of the molecule is N#CC1(c2ccccc2)CC(Nc2cccnc2)C1. The van der Waals surface area contributed by atoms with Crippen LogP contribution in [0.3, 0.4) is 0 Å². The van der Waals surface area contributed by atoms with Gasteiger partial charge in [-0.15, -0.1) is 0 Å². The van der Waals surface area contributed by atoms with Gasteiger partial charge in [-0.3, -0.25) is 4.98 Å². The molecule has 0 bridgehead atoms. The van der Waals surface area contributed by atoms with Gasteiger partial charge in [0.05, 0.1) is 17.2 Å². The Morgan fingerprint density at radius 1 is 1.16 bits per heavy atom. The molecule has 1 N–H and O–H groups in total. The van der Waals surface area contributed by atoms with Gasteiger partial charge in [-0.2, -0.15) is 5.26 Å². The van der Waals surface area contributed by atoms with Gasteiger partial charge in [0.25, 0.3) is 0 Å². The Labute approximate surface area is 112 Å². The number of anilines is 1. The first-order valence-electron chi connectivity index (χ1n) is 6.46. The third-order valence-corrected chi connectivity index (χ3v) is 3.76. The van der Waals surface area contributed by atoms with E-state index in [4.69, 9.17) is 0 Å². The fourth-order valence-electron chi connectivity index (χ4n) is 2.72. The average Bonchev–Trinajstić information content (AvgIpc) is 2.44. The molecule has 94 valence electrons. The zero-order chi connectivity index (χ0) is 13.1. The van der Waals surface area contributed by atoms with E-state index in [9.17, 15) is 5.26 Å². The molecule has 0 amide bonds. The third-order valence-electron chi connectivity index (χ3n) is 3.76. The average molecular weight is 249 g/mol. The lowest BCUT2D eigenvalue weighted by atomic mass is 9.62. The highest BCUT2D eigenvalue weighted by Gasteiger charge is 2.46. The van der Waals surface area contributed by atoms with Gasteiger partial charge < -0.3 is 5.32 Å². The van der Waals surface area contributed by atoms with E-state index >= 15 is 0 Å². The lowest BCUT2D eigenvalue weighted by Crippen LogP contribution is -2.47. The number of benzene rings is 1. The van der Waals surface area contributed by atoms with E-state index in [2.05, 4.69) is 16.4 Å². The highest BCUT2D eigenvalue weighted by atomic mass is 15.0. The van der Waals surface area contributed by atoms with E-state index in [1.54, 1.807) is 6.20 Å². The Balaban J connectivity index is 1.70. The fourth-order valence-corrected chi connectivity index (χ4v) is 2.72. The van der Waals surface area contributed by atoms with Crippen molar-refractivity contribution in [1.29, 1.82) is 5.26 Å². The predicted molar refractivity (Wildman–Crippen MR) is 74.6 cm³/mol. The summed E-state index contributed by atoms with van der Waals surface area (Å²) in [5.74, 6) is 0. The second-order valence-corrected chi connectivity index (χ2v) is 5.05. The van der Waals surface area contributed by atoms with Gasteiger partial charge in [0.2, 0.25) is 0 Å². The Kier molecular flexibility index (Phi) is 2.92. The molecule has 0 spiro atoms. The summed E-state index contributed by atoms with van der Waals surface area (Å²) >= 11 is 0. The minimum atomic E-state index is -0.318. The molecule has 1 fully saturated rings. The molecule has 2 aromatic rings. The fraction of sp³-hybridized carbons (Fsp3) is 0.250. The zero-order valence-corrected chi connectivity index (χ0v) is 10.6. The number of aromatic nitrogens is 1. The number of nitrogens with one attached hydrogen (secondary N) is 1. The van der Waals surface area contributed by atoms with Crippen LogP contribution in [0.15, 0.2) is 54.9 Å². The van der Waals surface area contributed by atoms with E-state index in [1.165, 1.54) is 0 Å². The maximum atomic E-state index is 9.48. The van der Waals surface area contributed by atoms with Gasteiger partial charge in [0.1, 0.15) is 0 Å². The van der Waals surface area contributed by atoms with E-state index in [1.807, 2.05) is 48.7 Å². The van der Waals surface area contributed by atoms with Gasteiger partial charge in [-0.25, -0.2) is 0 Å². The van der Waals surface area contributed by atoms with Crippen molar-refractivity contribution in [2.24, 2.45) is 0 Å². The summed E-state index contributed by atoms with van der Waals surface area (Å²) in [6, 6.07) is 16.8. The highest BCUT2D eigenvalue weighted by molar-refractivity contribution is 5.45. The van der Waals surface area contributed by atoms with Crippen LogP contribution in [0.2, 0.25) is 0 Å². The van der Waals surface area contributed by atoms with Crippen LogP contribution in [0.5, 0.6) is 0 Å². The van der Waals surface area contributed by atoms with Gasteiger partial charge in [-0.1, -0.05) is 30.3 Å². The van der Waals surface area contributed by atoms with Crippen molar-refractivity contribution in [2.75, 3.05) is 5.32 Å². The van der Waals surface area contributed by atoms with Crippen LogP contribution in [-0.4, -0.2) is 11.0 Å². The maximum Gasteiger partial charge on any atom is 0.0861 e. The van der Waals surface area contributed by atoms with Crippen molar-refractivity contribution in [1.82, 2.24) is 4.98 Å². The first-order chi connectivity index (χ1) is 9.32.